The number of rotatable bonds is 7. The molecule has 1 aromatic heterocycles. The Hall–Kier alpha value is -2.70. The number of carbonyl (C=O) groups is 1. The summed E-state index contributed by atoms with van der Waals surface area (Å²) in [6, 6.07) is 15.0. The van der Waals surface area contributed by atoms with Gasteiger partial charge >= 0.3 is 0 Å². The van der Waals surface area contributed by atoms with Crippen molar-refractivity contribution in [2.24, 2.45) is 5.73 Å². The first kappa shape index (κ1) is 21.6. The molecule has 0 atom stereocenters. The van der Waals surface area contributed by atoms with Crippen molar-refractivity contribution in [3.05, 3.63) is 59.7 Å². The number of halogens is 1. The molecule has 3 rings (SSSR count). The molecule has 0 aliphatic carbocycles. The van der Waals surface area contributed by atoms with Gasteiger partial charge in [-0.05, 0) is 43.2 Å². The molecule has 2 N–H and O–H groups in total. The van der Waals surface area contributed by atoms with Crippen LogP contribution in [0.1, 0.15) is 36.2 Å². The number of nitrogens with zero attached hydrogens (tertiary/aromatic N) is 3. The zero-order valence-corrected chi connectivity index (χ0v) is 16.9. The fraction of sp³-hybridized carbons (Fsp3) is 0.286. The zero-order valence-electron chi connectivity index (χ0n) is 16.1. The quantitative estimate of drug-likeness (QED) is 0.643. The second kappa shape index (κ2) is 10.0. The van der Waals surface area contributed by atoms with Gasteiger partial charge in [0, 0.05) is 36.3 Å². The summed E-state index contributed by atoms with van der Waals surface area (Å²) in [4.78, 5) is 18.8. The molecule has 148 valence electrons. The van der Waals surface area contributed by atoms with Crippen LogP contribution in [0.25, 0.3) is 22.8 Å². The maximum atomic E-state index is 12.5. The molecule has 0 radical (unpaired) electrons. The van der Waals surface area contributed by atoms with Gasteiger partial charge in [-0.1, -0.05) is 36.3 Å². The molecule has 3 aromatic rings. The van der Waals surface area contributed by atoms with Crippen LogP contribution in [0.5, 0.6) is 0 Å². The highest BCUT2D eigenvalue weighted by Gasteiger charge is 2.15. The number of hydrogen-bond donors (Lipinski definition) is 1. The topological polar surface area (TPSA) is 85.2 Å². The molecular weight excluding hydrogens is 376 g/mol. The molecule has 6 nitrogen and oxygen atoms in total. The van der Waals surface area contributed by atoms with Crippen molar-refractivity contribution in [1.29, 1.82) is 0 Å². The third-order valence-corrected chi connectivity index (χ3v) is 4.42. The van der Waals surface area contributed by atoms with Crippen molar-refractivity contribution in [3.8, 4) is 22.8 Å². The number of carbonyl (C=O) groups excluding carboxylic acids is 1. The van der Waals surface area contributed by atoms with Gasteiger partial charge < -0.3 is 15.2 Å². The smallest absolute Gasteiger partial charge is 0.258 e. The number of nitrogens with two attached hydrogens (primary N) is 1. The minimum absolute atomic E-state index is 0. The van der Waals surface area contributed by atoms with E-state index >= 15 is 0 Å². The lowest BCUT2D eigenvalue weighted by molar-refractivity contribution is 0.0764. The minimum Gasteiger partial charge on any atom is -0.339 e. The highest BCUT2D eigenvalue weighted by Crippen LogP contribution is 2.23. The van der Waals surface area contributed by atoms with Gasteiger partial charge in [0.15, 0.2) is 0 Å². The molecule has 0 spiro atoms. The highest BCUT2D eigenvalue weighted by atomic mass is 35.5. The van der Waals surface area contributed by atoms with Crippen LogP contribution in [0, 0.1) is 0 Å². The molecule has 0 saturated carbocycles. The summed E-state index contributed by atoms with van der Waals surface area (Å²) in [6.07, 6.45) is 0.939. The maximum Gasteiger partial charge on any atom is 0.258 e. The molecule has 1 heterocycles. The molecule has 0 unspecified atom stereocenters. The minimum atomic E-state index is 0. The Kier molecular flexibility index (Phi) is 7.72. The van der Waals surface area contributed by atoms with Crippen molar-refractivity contribution in [2.45, 2.75) is 26.8 Å². The first-order chi connectivity index (χ1) is 13.2. The van der Waals surface area contributed by atoms with Gasteiger partial charge in [0.2, 0.25) is 5.82 Å². The van der Waals surface area contributed by atoms with E-state index in [-0.39, 0.29) is 18.3 Å². The summed E-state index contributed by atoms with van der Waals surface area (Å²) < 4.78 is 5.39. The molecule has 0 saturated heterocycles. The van der Waals surface area contributed by atoms with Gasteiger partial charge in [0.25, 0.3) is 11.8 Å². The van der Waals surface area contributed by atoms with E-state index in [0.29, 0.717) is 30.4 Å². The Labute approximate surface area is 171 Å². The average Bonchev–Trinajstić information content (AvgIpc) is 3.22. The standard InChI is InChI=1S/C21H24N4O2.ClH/c1-3-13-25(4-2)21(26)18-11-9-17(10-12-18)20-23-19(24-27-20)16-7-5-15(14-22)6-8-16;/h5-12H,3-4,13-14,22H2,1-2H3;1H. The molecule has 0 aliphatic rings. The Morgan fingerprint density at radius 3 is 2.25 bits per heavy atom. The predicted octanol–water partition coefficient (Wildman–Crippen LogP) is 4.16. The van der Waals surface area contributed by atoms with Crippen molar-refractivity contribution in [3.63, 3.8) is 0 Å². The van der Waals surface area contributed by atoms with Crippen LogP contribution in [0.15, 0.2) is 53.1 Å². The molecular formula is C21H25ClN4O2. The zero-order chi connectivity index (χ0) is 19.2. The summed E-state index contributed by atoms with van der Waals surface area (Å²) in [5, 5.41) is 4.05. The van der Waals surface area contributed by atoms with Gasteiger partial charge in [-0.15, -0.1) is 12.4 Å². The number of aromatic nitrogens is 2. The number of hydrogen-bond acceptors (Lipinski definition) is 5. The van der Waals surface area contributed by atoms with Crippen LogP contribution < -0.4 is 5.73 Å². The first-order valence-corrected chi connectivity index (χ1v) is 9.19. The average molecular weight is 401 g/mol. The van der Waals surface area contributed by atoms with Gasteiger partial charge in [-0.2, -0.15) is 4.98 Å². The second-order valence-corrected chi connectivity index (χ2v) is 6.29. The van der Waals surface area contributed by atoms with Gasteiger partial charge in [-0.3, -0.25) is 4.79 Å². The van der Waals surface area contributed by atoms with E-state index in [2.05, 4.69) is 17.1 Å². The van der Waals surface area contributed by atoms with Gasteiger partial charge in [0.1, 0.15) is 0 Å². The summed E-state index contributed by atoms with van der Waals surface area (Å²) in [5.41, 5.74) is 8.97. The fourth-order valence-electron chi connectivity index (χ4n) is 2.86. The lowest BCUT2D eigenvalue weighted by atomic mass is 10.1. The number of amides is 1. The largest absolute Gasteiger partial charge is 0.339 e. The van der Waals surface area contributed by atoms with Crippen molar-refractivity contribution in [1.82, 2.24) is 15.0 Å². The molecule has 7 heteroatoms. The van der Waals surface area contributed by atoms with Gasteiger partial charge in [-0.25, -0.2) is 0 Å². The third kappa shape index (κ3) is 4.77. The van der Waals surface area contributed by atoms with Gasteiger partial charge in [0.05, 0.1) is 0 Å². The Bertz CT molecular complexity index is 892. The van der Waals surface area contributed by atoms with E-state index in [0.717, 1.165) is 29.7 Å². The lowest BCUT2D eigenvalue weighted by Crippen LogP contribution is -2.31. The van der Waals surface area contributed by atoms with Crippen LogP contribution in [-0.4, -0.2) is 34.0 Å². The molecule has 2 aromatic carbocycles. The van der Waals surface area contributed by atoms with E-state index < -0.39 is 0 Å². The third-order valence-electron chi connectivity index (χ3n) is 4.42. The van der Waals surface area contributed by atoms with E-state index in [1.54, 1.807) is 12.1 Å². The summed E-state index contributed by atoms with van der Waals surface area (Å²) >= 11 is 0. The predicted molar refractivity (Wildman–Crippen MR) is 112 cm³/mol. The monoisotopic (exact) mass is 400 g/mol. The normalized spacial score (nSPS) is 10.4. The summed E-state index contributed by atoms with van der Waals surface area (Å²) in [6.45, 7) is 6.01. The van der Waals surface area contributed by atoms with E-state index in [1.807, 2.05) is 48.2 Å². The Morgan fingerprint density at radius 2 is 1.68 bits per heavy atom. The van der Waals surface area contributed by atoms with Crippen LogP contribution in [-0.2, 0) is 6.54 Å². The highest BCUT2D eigenvalue weighted by molar-refractivity contribution is 5.94. The molecule has 0 aliphatic heterocycles. The molecule has 0 fully saturated rings. The SMILES string of the molecule is CCCN(CC)C(=O)c1ccc(-c2nc(-c3ccc(CN)cc3)no2)cc1.Cl. The van der Waals surface area contributed by atoms with E-state index in [4.69, 9.17) is 10.3 Å². The van der Waals surface area contributed by atoms with E-state index in [1.165, 1.54) is 0 Å². The van der Waals surface area contributed by atoms with Crippen LogP contribution in [0.3, 0.4) is 0 Å². The lowest BCUT2D eigenvalue weighted by Gasteiger charge is -2.20. The molecule has 28 heavy (non-hydrogen) atoms. The van der Waals surface area contributed by atoms with Crippen molar-refractivity contribution in [2.75, 3.05) is 13.1 Å². The fourth-order valence-corrected chi connectivity index (χ4v) is 2.86. The first-order valence-electron chi connectivity index (χ1n) is 9.19. The summed E-state index contributed by atoms with van der Waals surface area (Å²) in [7, 11) is 0. The second-order valence-electron chi connectivity index (χ2n) is 6.29. The Balaban J connectivity index is 0.00000280. The van der Waals surface area contributed by atoms with Crippen LogP contribution >= 0.6 is 12.4 Å². The molecule has 0 bridgehead atoms. The summed E-state index contributed by atoms with van der Waals surface area (Å²) in [5.74, 6) is 0.985. The van der Waals surface area contributed by atoms with Crippen molar-refractivity contribution < 1.29 is 9.32 Å². The Morgan fingerprint density at radius 1 is 1.04 bits per heavy atom. The van der Waals surface area contributed by atoms with Crippen LogP contribution in [0.2, 0.25) is 0 Å². The van der Waals surface area contributed by atoms with E-state index in [9.17, 15) is 4.79 Å². The van der Waals surface area contributed by atoms with Crippen LogP contribution in [0.4, 0.5) is 0 Å². The molecule has 1 amide bonds. The number of benzene rings is 2. The maximum absolute atomic E-state index is 12.5. The van der Waals surface area contributed by atoms with Crippen molar-refractivity contribution >= 4 is 18.3 Å².